The highest BCUT2D eigenvalue weighted by atomic mass is 32.1. The Kier molecular flexibility index (Phi) is 4.80. The molecule has 8 heteroatoms. The summed E-state index contributed by atoms with van der Waals surface area (Å²) in [6.45, 7) is 0.416. The summed E-state index contributed by atoms with van der Waals surface area (Å²) in [6.07, 6.45) is 2.38. The molecule has 0 aromatic carbocycles. The predicted octanol–water partition coefficient (Wildman–Crippen LogP) is -0.247. The topological polar surface area (TPSA) is 97.4 Å². The largest absolute Gasteiger partial charge is 0.378 e. The maximum atomic E-state index is 11.8. The van der Waals surface area contributed by atoms with Gasteiger partial charge in [0.05, 0.1) is 13.0 Å². The van der Waals surface area contributed by atoms with Gasteiger partial charge in [-0.2, -0.15) is 0 Å². The molecule has 0 radical (unpaired) electrons. The van der Waals surface area contributed by atoms with Crippen LogP contribution in [0.25, 0.3) is 0 Å². The van der Waals surface area contributed by atoms with Crippen LogP contribution in [0.1, 0.15) is 22.7 Å². The Balaban J connectivity index is 1.85. The highest BCUT2D eigenvalue weighted by Gasteiger charge is 2.27. The number of piperidine rings is 1. The first-order chi connectivity index (χ1) is 9.58. The van der Waals surface area contributed by atoms with Crippen molar-refractivity contribution in [1.82, 2.24) is 15.6 Å². The van der Waals surface area contributed by atoms with Crippen LogP contribution in [0, 0.1) is 0 Å². The number of aromatic nitrogens is 1. The fourth-order valence-electron chi connectivity index (χ4n) is 1.85. The van der Waals surface area contributed by atoms with Gasteiger partial charge in [0.2, 0.25) is 17.7 Å². The Morgan fingerprint density at radius 1 is 1.60 bits per heavy atom. The van der Waals surface area contributed by atoms with Gasteiger partial charge in [-0.1, -0.05) is 0 Å². The molecule has 2 rings (SSSR count). The number of rotatable bonds is 5. The molecule has 0 bridgehead atoms. The minimum Gasteiger partial charge on any atom is -0.378 e. The van der Waals surface area contributed by atoms with E-state index in [9.17, 15) is 14.4 Å². The molecule has 0 saturated carbocycles. The van der Waals surface area contributed by atoms with Gasteiger partial charge in [0.25, 0.3) is 0 Å². The number of thiazole rings is 1. The molecule has 1 saturated heterocycles. The molecule has 3 amide bonds. The molecule has 1 aromatic rings. The van der Waals surface area contributed by atoms with E-state index in [1.165, 1.54) is 11.3 Å². The van der Waals surface area contributed by atoms with Crippen molar-refractivity contribution in [1.29, 1.82) is 0 Å². The van der Waals surface area contributed by atoms with Crippen molar-refractivity contribution in [2.45, 2.75) is 31.9 Å². The third-order valence-electron chi connectivity index (χ3n) is 2.78. The number of amides is 3. The highest BCUT2D eigenvalue weighted by molar-refractivity contribution is 7.11. The summed E-state index contributed by atoms with van der Waals surface area (Å²) in [7, 11) is 1.58. The normalized spacial score (nSPS) is 18.8. The summed E-state index contributed by atoms with van der Waals surface area (Å²) >= 11 is 1.40. The minimum atomic E-state index is -0.633. The van der Waals surface area contributed by atoms with Gasteiger partial charge in [-0.3, -0.25) is 19.7 Å². The lowest BCUT2D eigenvalue weighted by atomic mass is 10.1. The van der Waals surface area contributed by atoms with Gasteiger partial charge in [0.15, 0.2) is 0 Å². The number of ether oxygens (including phenoxy) is 1. The second-order valence-electron chi connectivity index (χ2n) is 4.40. The highest BCUT2D eigenvalue weighted by Crippen LogP contribution is 2.14. The van der Waals surface area contributed by atoms with Crippen LogP contribution in [0.4, 0.5) is 0 Å². The van der Waals surface area contributed by atoms with Crippen molar-refractivity contribution in [3.05, 3.63) is 16.1 Å². The molecule has 0 aliphatic carbocycles. The van der Waals surface area contributed by atoms with E-state index in [2.05, 4.69) is 15.6 Å². The lowest BCUT2D eigenvalue weighted by Crippen LogP contribution is -2.52. The Morgan fingerprint density at radius 2 is 2.40 bits per heavy atom. The van der Waals surface area contributed by atoms with Crippen LogP contribution in [0.5, 0.6) is 0 Å². The summed E-state index contributed by atoms with van der Waals surface area (Å²) in [6, 6.07) is -0.633. The Hall–Kier alpha value is -1.80. The standard InChI is InChI=1S/C12H15N3O4S/c1-19-6-11-13-5-7(20-11)4-10(17)14-8-2-3-9(16)15-12(8)18/h5,8H,2-4,6H2,1H3,(H,14,17)(H,15,16,18). The van der Waals surface area contributed by atoms with Crippen LogP contribution >= 0.6 is 11.3 Å². The SMILES string of the molecule is COCc1ncc(CC(=O)NC2CCC(=O)NC2=O)s1. The molecular weight excluding hydrogens is 282 g/mol. The predicted molar refractivity (Wildman–Crippen MR) is 70.8 cm³/mol. The molecule has 1 aliphatic rings. The molecule has 1 unspecified atom stereocenters. The van der Waals surface area contributed by atoms with E-state index in [-0.39, 0.29) is 24.7 Å². The van der Waals surface area contributed by atoms with E-state index in [0.29, 0.717) is 13.0 Å². The van der Waals surface area contributed by atoms with Crippen molar-refractivity contribution >= 4 is 29.1 Å². The van der Waals surface area contributed by atoms with Crippen molar-refractivity contribution in [2.75, 3.05) is 7.11 Å². The quantitative estimate of drug-likeness (QED) is 0.731. The fourth-order valence-corrected chi connectivity index (χ4v) is 2.75. The van der Waals surface area contributed by atoms with Gasteiger partial charge in [0, 0.05) is 24.6 Å². The summed E-state index contributed by atoms with van der Waals surface area (Å²) < 4.78 is 4.95. The number of imide groups is 1. The smallest absolute Gasteiger partial charge is 0.249 e. The molecule has 7 nitrogen and oxygen atoms in total. The fraction of sp³-hybridized carbons (Fsp3) is 0.500. The zero-order valence-corrected chi connectivity index (χ0v) is 11.8. The second kappa shape index (κ2) is 6.58. The third-order valence-corrected chi connectivity index (χ3v) is 3.75. The Bertz CT molecular complexity index is 529. The number of hydrogen-bond acceptors (Lipinski definition) is 6. The average molecular weight is 297 g/mol. The molecule has 1 aromatic heterocycles. The molecule has 2 N–H and O–H groups in total. The number of nitrogens with one attached hydrogen (secondary N) is 2. The molecule has 1 atom stereocenters. The molecule has 108 valence electrons. The minimum absolute atomic E-state index is 0.166. The summed E-state index contributed by atoms with van der Waals surface area (Å²) in [5, 5.41) is 5.63. The van der Waals surface area contributed by atoms with E-state index in [1.54, 1.807) is 13.3 Å². The summed E-state index contributed by atoms with van der Waals surface area (Å²) in [5.41, 5.74) is 0. The van der Waals surface area contributed by atoms with Gasteiger partial charge in [-0.05, 0) is 6.42 Å². The molecular formula is C12H15N3O4S. The van der Waals surface area contributed by atoms with E-state index in [4.69, 9.17) is 4.74 Å². The number of hydrogen-bond donors (Lipinski definition) is 2. The molecule has 1 fully saturated rings. The lowest BCUT2D eigenvalue weighted by molar-refractivity contribution is -0.137. The summed E-state index contributed by atoms with van der Waals surface area (Å²) in [5.74, 6) is -1.00. The maximum Gasteiger partial charge on any atom is 0.249 e. The first-order valence-electron chi connectivity index (χ1n) is 6.14. The Morgan fingerprint density at radius 3 is 3.10 bits per heavy atom. The van der Waals surface area contributed by atoms with Crippen LogP contribution < -0.4 is 10.6 Å². The average Bonchev–Trinajstić information content (AvgIpc) is 2.81. The van der Waals surface area contributed by atoms with E-state index in [0.717, 1.165) is 9.88 Å². The van der Waals surface area contributed by atoms with Crippen LogP contribution in [0.3, 0.4) is 0 Å². The molecule has 20 heavy (non-hydrogen) atoms. The van der Waals surface area contributed by atoms with Crippen LogP contribution in [-0.2, 0) is 32.1 Å². The number of methoxy groups -OCH3 is 1. The third kappa shape index (κ3) is 3.84. The maximum absolute atomic E-state index is 11.8. The van der Waals surface area contributed by atoms with Crippen molar-refractivity contribution in [3.8, 4) is 0 Å². The first-order valence-corrected chi connectivity index (χ1v) is 6.95. The molecule has 2 heterocycles. The van der Waals surface area contributed by atoms with Crippen LogP contribution in [0.15, 0.2) is 6.20 Å². The lowest BCUT2D eigenvalue weighted by Gasteiger charge is -2.21. The Labute approximate surface area is 119 Å². The monoisotopic (exact) mass is 297 g/mol. The molecule has 0 spiro atoms. The second-order valence-corrected chi connectivity index (χ2v) is 5.60. The number of nitrogens with zero attached hydrogens (tertiary/aromatic N) is 1. The zero-order chi connectivity index (χ0) is 14.5. The van der Waals surface area contributed by atoms with Crippen LogP contribution in [0.2, 0.25) is 0 Å². The van der Waals surface area contributed by atoms with E-state index < -0.39 is 11.9 Å². The van der Waals surface area contributed by atoms with Crippen molar-refractivity contribution in [2.24, 2.45) is 0 Å². The van der Waals surface area contributed by atoms with Gasteiger partial charge >= 0.3 is 0 Å². The van der Waals surface area contributed by atoms with Gasteiger partial charge < -0.3 is 10.1 Å². The summed E-state index contributed by atoms with van der Waals surface area (Å²) in [4.78, 5) is 39.3. The van der Waals surface area contributed by atoms with Crippen molar-refractivity contribution in [3.63, 3.8) is 0 Å². The van der Waals surface area contributed by atoms with E-state index >= 15 is 0 Å². The van der Waals surface area contributed by atoms with Gasteiger partial charge in [-0.25, -0.2) is 4.98 Å². The van der Waals surface area contributed by atoms with Gasteiger partial charge in [-0.15, -0.1) is 11.3 Å². The van der Waals surface area contributed by atoms with Crippen molar-refractivity contribution < 1.29 is 19.1 Å². The van der Waals surface area contributed by atoms with E-state index in [1.807, 2.05) is 0 Å². The number of carbonyl (C=O) groups is 3. The first kappa shape index (κ1) is 14.6. The number of carbonyl (C=O) groups excluding carboxylic acids is 3. The van der Waals surface area contributed by atoms with Crippen LogP contribution in [-0.4, -0.2) is 35.9 Å². The van der Waals surface area contributed by atoms with Gasteiger partial charge in [0.1, 0.15) is 11.0 Å². The zero-order valence-electron chi connectivity index (χ0n) is 11.0. The molecule has 1 aliphatic heterocycles.